The standard InChI is InChI=1S/C68H48O44/c69-20-1-12(2-21(70)38(20)77)59(92)109-55-53-29(10-102-60(93)13-3-22(71)39(78)46(85)31(13)33-15(62(95)107-53)5-24(73)41(80)48(33)87)105-67(100)57(55)112-66(99)19-9-28(45(84)52(91)37(19)76)104-27-8-18-36(51(90)44(27)83)35-17(7-26(75)43(82)50(35)89)64(97)110-56-54-30(106-68(101)58(56)111-65(18)98)11-103-61(94)14-4-23(72)40(79)47(86)32(14)34-16(63(96)108-54)6-25(74)42(81)49(34)88/h1-9,29-30,53-58,67-91,100-101H,10-11H2/t29-,30-,53-,54-,55+,56+,57-,58-,67+,68-/m1/s1. The Morgan fingerprint density at radius 1 is 0.295 bits per heavy atom. The number of hydrogen-bond acceptors (Lipinski definition) is 44. The molecule has 0 amide bonds. The molecule has 10 atom stereocenters. The van der Waals surface area contributed by atoms with E-state index in [1.54, 1.807) is 0 Å². The van der Waals surface area contributed by atoms with Crippen LogP contribution in [0.1, 0.15) is 82.9 Å². The lowest BCUT2D eigenvalue weighted by Gasteiger charge is -2.43. The third kappa shape index (κ3) is 12.0. The van der Waals surface area contributed by atoms with Crippen molar-refractivity contribution in [3.8, 4) is 177 Å². The van der Waals surface area contributed by atoms with Crippen LogP contribution < -0.4 is 4.74 Å². The predicted octanol–water partition coefficient (Wildman–Crippen LogP) is 1.75. The normalized spacial score (nSPS) is 21.3. The van der Waals surface area contributed by atoms with Crippen LogP contribution in [0.2, 0.25) is 0 Å². The lowest BCUT2D eigenvalue weighted by Crippen LogP contribution is -2.62. The number of esters is 8. The SMILES string of the molecule is O=C(O[C@@H]1[C@@H](OC(=O)c2cc(Oc3cc4c(c(O)c3O)-c3c(cc(O)c(O)c3O)C(=O)O[C@@H]3[C@@H](OC4=O)[C@H](O)O[C@@H]4COC(=O)c5cc(O)c(O)c(O)c5-c5c(cc(O)c(O)c5O)C(=O)O[C@@H]34)c(O)c(O)c2O)[C@@H](O)O[C@@H]2COC(=O)c3cc(O)c(O)c(O)c3-c3c(cc(O)c(O)c3O)C(=O)O[C@@H]12)c1cc(O)c(O)c(O)c1. The van der Waals surface area contributed by atoms with E-state index in [1.165, 1.54) is 0 Å². The van der Waals surface area contributed by atoms with Crippen molar-refractivity contribution in [2.24, 2.45) is 0 Å². The number of benzene rings is 8. The van der Waals surface area contributed by atoms with Crippen molar-refractivity contribution in [1.29, 1.82) is 0 Å². The summed E-state index contributed by atoms with van der Waals surface area (Å²) in [6, 6.07) is 3.14. The molecule has 0 radical (unpaired) electrons. The summed E-state index contributed by atoms with van der Waals surface area (Å²) in [6.07, 6.45) is -25.9. The van der Waals surface area contributed by atoms with Gasteiger partial charge in [0, 0.05) is 45.5 Å². The number of phenols is 23. The number of aliphatic hydroxyl groups is 2. The highest BCUT2D eigenvalue weighted by Gasteiger charge is 2.56. The lowest BCUT2D eigenvalue weighted by atomic mass is 9.91. The van der Waals surface area contributed by atoms with Gasteiger partial charge in [-0.05, 0) is 42.5 Å². The van der Waals surface area contributed by atoms with E-state index in [2.05, 4.69) is 0 Å². The number of carbonyl (C=O) groups excluding carboxylic acids is 8. The van der Waals surface area contributed by atoms with Crippen LogP contribution in [0.5, 0.6) is 144 Å². The van der Waals surface area contributed by atoms with Gasteiger partial charge in [-0.25, -0.2) is 38.4 Å². The van der Waals surface area contributed by atoms with Gasteiger partial charge < -0.3 is 180 Å². The third-order valence-electron chi connectivity index (χ3n) is 18.0. The largest absolute Gasteiger partial charge is 0.504 e. The van der Waals surface area contributed by atoms with Crippen LogP contribution in [0.3, 0.4) is 0 Å². The van der Waals surface area contributed by atoms with Gasteiger partial charge >= 0.3 is 47.8 Å². The fourth-order valence-electron chi connectivity index (χ4n) is 12.6. The molecule has 584 valence electrons. The highest BCUT2D eigenvalue weighted by Crippen LogP contribution is 2.59. The minimum absolute atomic E-state index is 0.184. The van der Waals surface area contributed by atoms with Crippen LogP contribution in [-0.4, -0.2) is 250 Å². The Morgan fingerprint density at radius 2 is 0.607 bits per heavy atom. The number of rotatable bonds is 6. The summed E-state index contributed by atoms with van der Waals surface area (Å²) in [5.74, 6) is -52.0. The maximum Gasteiger partial charge on any atom is 0.342 e. The van der Waals surface area contributed by atoms with Crippen molar-refractivity contribution >= 4 is 47.8 Å². The van der Waals surface area contributed by atoms with E-state index in [9.17, 15) is 161 Å². The molecule has 44 nitrogen and oxygen atoms in total. The van der Waals surface area contributed by atoms with Crippen molar-refractivity contribution in [1.82, 2.24) is 0 Å². The maximum absolute atomic E-state index is 15.0. The number of hydrogen-bond donors (Lipinski definition) is 25. The van der Waals surface area contributed by atoms with Crippen molar-refractivity contribution in [2.75, 3.05) is 13.2 Å². The van der Waals surface area contributed by atoms with E-state index in [1.807, 2.05) is 0 Å². The van der Waals surface area contributed by atoms with Crippen LogP contribution in [0.15, 0.2) is 54.6 Å². The molecule has 0 unspecified atom stereocenters. The van der Waals surface area contributed by atoms with Gasteiger partial charge in [0.05, 0.1) is 38.9 Å². The average Bonchev–Trinajstić information content (AvgIpc) is 0.977. The molecule has 0 saturated carbocycles. The molecular formula is C68H48O44. The molecule has 5 heterocycles. The summed E-state index contributed by atoms with van der Waals surface area (Å²) < 4.78 is 60.9. The van der Waals surface area contributed by atoms with Gasteiger partial charge in [-0.15, -0.1) is 0 Å². The Bertz CT molecular complexity index is 5480. The first kappa shape index (κ1) is 74.8. The van der Waals surface area contributed by atoms with Gasteiger partial charge in [0.25, 0.3) is 0 Å². The van der Waals surface area contributed by atoms with Crippen molar-refractivity contribution in [3.05, 3.63) is 99.1 Å². The third-order valence-corrected chi connectivity index (χ3v) is 18.0. The number of aliphatic hydroxyl groups excluding tert-OH is 2. The van der Waals surface area contributed by atoms with E-state index >= 15 is 4.79 Å². The molecule has 8 aromatic rings. The Labute approximate surface area is 614 Å². The summed E-state index contributed by atoms with van der Waals surface area (Å²) >= 11 is 0. The first-order valence-corrected chi connectivity index (χ1v) is 31.2. The molecule has 0 aliphatic carbocycles. The first-order chi connectivity index (χ1) is 52.7. The van der Waals surface area contributed by atoms with E-state index in [-0.39, 0.29) is 18.2 Å². The summed E-state index contributed by atoms with van der Waals surface area (Å²) in [7, 11) is 0. The molecule has 112 heavy (non-hydrogen) atoms. The predicted molar refractivity (Wildman–Crippen MR) is 344 cm³/mol. The molecule has 0 spiro atoms. The summed E-state index contributed by atoms with van der Waals surface area (Å²) in [5.41, 5.74) is -16.8. The molecule has 5 aliphatic heterocycles. The smallest absolute Gasteiger partial charge is 0.342 e. The quantitative estimate of drug-likeness (QED) is 0.0640. The molecule has 13 rings (SSSR count). The van der Waals surface area contributed by atoms with Crippen LogP contribution >= 0.6 is 0 Å². The molecule has 0 bridgehead atoms. The minimum Gasteiger partial charge on any atom is -0.504 e. The summed E-state index contributed by atoms with van der Waals surface area (Å²) in [4.78, 5) is 116. The van der Waals surface area contributed by atoms with E-state index in [4.69, 9.17) is 52.1 Å². The number of aromatic hydroxyl groups is 23. The molecular weight excluding hydrogens is 1520 g/mol. The average molecular weight is 1570 g/mol. The number of ether oxygens (including phenoxy) is 11. The molecule has 0 aromatic heterocycles. The van der Waals surface area contributed by atoms with E-state index in [0.29, 0.717) is 36.4 Å². The molecule has 5 aliphatic rings. The minimum atomic E-state index is -2.84. The van der Waals surface area contributed by atoms with E-state index in [0.717, 1.165) is 0 Å². The van der Waals surface area contributed by atoms with Crippen molar-refractivity contribution in [2.45, 2.75) is 61.4 Å². The van der Waals surface area contributed by atoms with Crippen molar-refractivity contribution < 1.29 is 218 Å². The maximum atomic E-state index is 15.0. The number of cyclic esters (lactones) is 2. The Hall–Kier alpha value is -15.4. The van der Waals surface area contributed by atoms with Gasteiger partial charge in [0.15, 0.2) is 147 Å². The number of phenolic OH excluding ortho intramolecular Hbond substituents is 23. The number of fused-ring (bicyclic) bond motifs is 13. The zero-order valence-electron chi connectivity index (χ0n) is 54.8. The van der Waals surface area contributed by atoms with Crippen LogP contribution in [-0.2, 0) is 47.4 Å². The Balaban J connectivity index is 0.884. The van der Waals surface area contributed by atoms with Gasteiger partial charge in [-0.3, -0.25) is 0 Å². The molecule has 2 fully saturated rings. The second kappa shape index (κ2) is 27.1. The van der Waals surface area contributed by atoms with Crippen molar-refractivity contribution in [3.63, 3.8) is 0 Å². The van der Waals surface area contributed by atoms with Crippen LogP contribution in [0, 0.1) is 0 Å². The Morgan fingerprint density at radius 3 is 1.03 bits per heavy atom. The lowest BCUT2D eigenvalue weighted by molar-refractivity contribution is -0.284. The topological polar surface area (TPSA) is 744 Å². The fraction of sp³-hybridized carbons (Fsp3) is 0.176. The first-order valence-electron chi connectivity index (χ1n) is 31.2. The highest BCUT2D eigenvalue weighted by molar-refractivity contribution is 6.12. The molecule has 44 heteroatoms. The highest BCUT2D eigenvalue weighted by atomic mass is 16.7. The zero-order chi connectivity index (χ0) is 81.5. The monoisotopic (exact) mass is 1570 g/mol. The zero-order valence-corrected chi connectivity index (χ0v) is 54.8. The van der Waals surface area contributed by atoms with Gasteiger partial charge in [0.1, 0.15) is 31.0 Å². The summed E-state index contributed by atoms with van der Waals surface area (Å²) in [6.45, 7) is -2.65. The molecule has 2 saturated heterocycles. The Kier molecular flexibility index (Phi) is 18.1. The van der Waals surface area contributed by atoms with Gasteiger partial charge in [-0.1, -0.05) is 0 Å². The van der Waals surface area contributed by atoms with Crippen LogP contribution in [0.25, 0.3) is 33.4 Å². The molecule has 25 N–H and O–H groups in total. The second-order valence-electron chi connectivity index (χ2n) is 24.6. The fourth-order valence-corrected chi connectivity index (χ4v) is 12.6. The van der Waals surface area contributed by atoms with Crippen LogP contribution in [0.4, 0.5) is 0 Å². The van der Waals surface area contributed by atoms with Gasteiger partial charge in [0.2, 0.25) is 46.0 Å². The molecule has 8 aromatic carbocycles. The summed E-state index contributed by atoms with van der Waals surface area (Å²) in [5, 5.41) is 275. The van der Waals surface area contributed by atoms with Gasteiger partial charge in [-0.2, -0.15) is 0 Å². The number of carbonyl (C=O) groups is 8. The second-order valence-corrected chi connectivity index (χ2v) is 24.6. The van der Waals surface area contributed by atoms with E-state index < -0.39 is 344 Å².